The van der Waals surface area contributed by atoms with Gasteiger partial charge >= 0.3 is 5.97 Å². The maximum atomic E-state index is 11.1. The van der Waals surface area contributed by atoms with E-state index in [0.717, 1.165) is 25.9 Å². The Morgan fingerprint density at radius 2 is 2.16 bits per heavy atom. The van der Waals surface area contributed by atoms with Gasteiger partial charge in [-0.15, -0.1) is 0 Å². The Morgan fingerprint density at radius 1 is 1.42 bits per heavy atom. The largest absolute Gasteiger partial charge is 0.463 e. The van der Waals surface area contributed by atoms with Crippen LogP contribution >= 0.6 is 0 Å². The number of epoxide rings is 1. The van der Waals surface area contributed by atoms with Crippen molar-refractivity contribution in [2.24, 2.45) is 0 Å². The molecule has 0 N–H and O–H groups in total. The van der Waals surface area contributed by atoms with E-state index >= 15 is 0 Å². The fraction of sp³-hybridized carbons (Fsp3) is 0.438. The van der Waals surface area contributed by atoms with E-state index in [1.807, 2.05) is 24.3 Å². The highest BCUT2D eigenvalue weighted by Crippen LogP contribution is 2.43. The van der Waals surface area contributed by atoms with Gasteiger partial charge in [0.2, 0.25) is 0 Å². The first-order chi connectivity index (χ1) is 9.27. The second-order valence-corrected chi connectivity index (χ2v) is 4.70. The third-order valence-electron chi connectivity index (χ3n) is 3.28. The van der Waals surface area contributed by atoms with Crippen molar-refractivity contribution in [2.75, 3.05) is 13.2 Å². The first kappa shape index (κ1) is 13.8. The summed E-state index contributed by atoms with van der Waals surface area (Å²) in [6, 6.07) is 10.3. The van der Waals surface area contributed by atoms with Gasteiger partial charge in [0.05, 0.1) is 13.2 Å². The van der Waals surface area contributed by atoms with Crippen LogP contribution in [0.25, 0.3) is 0 Å². The van der Waals surface area contributed by atoms with Gasteiger partial charge in [0.1, 0.15) is 5.60 Å². The van der Waals surface area contributed by atoms with Crippen molar-refractivity contribution >= 4 is 5.97 Å². The molecule has 0 bridgehead atoms. The van der Waals surface area contributed by atoms with Gasteiger partial charge in [-0.1, -0.05) is 36.4 Å². The van der Waals surface area contributed by atoms with Crippen LogP contribution in [0.5, 0.6) is 0 Å². The van der Waals surface area contributed by atoms with Gasteiger partial charge < -0.3 is 9.47 Å². The van der Waals surface area contributed by atoms with Gasteiger partial charge in [-0.3, -0.25) is 0 Å². The molecule has 1 aromatic rings. The average Bonchev–Trinajstić information content (AvgIpc) is 3.21. The summed E-state index contributed by atoms with van der Waals surface area (Å²) in [5.41, 5.74) is 1.18. The Hall–Kier alpha value is -1.61. The molecule has 3 nitrogen and oxygen atoms in total. The highest BCUT2D eigenvalue weighted by atomic mass is 16.6. The summed E-state index contributed by atoms with van der Waals surface area (Å²) in [6.07, 6.45) is 6.25. The molecule has 1 atom stereocenters. The number of hydrogen-bond donors (Lipinski definition) is 0. The van der Waals surface area contributed by atoms with Gasteiger partial charge in [-0.05, 0) is 31.7 Å². The van der Waals surface area contributed by atoms with Crippen molar-refractivity contribution in [1.82, 2.24) is 0 Å². The van der Waals surface area contributed by atoms with Crippen molar-refractivity contribution < 1.29 is 14.3 Å². The first-order valence-electron chi connectivity index (χ1n) is 6.79. The summed E-state index contributed by atoms with van der Waals surface area (Å²) < 4.78 is 10.5. The third kappa shape index (κ3) is 3.93. The fourth-order valence-corrected chi connectivity index (χ4v) is 2.16. The molecule has 1 aliphatic rings. The molecular formula is C16H20O3. The van der Waals surface area contributed by atoms with Crippen LogP contribution in [0.4, 0.5) is 0 Å². The van der Waals surface area contributed by atoms with E-state index < -0.39 is 0 Å². The molecule has 2 rings (SSSR count). The van der Waals surface area contributed by atoms with Crippen molar-refractivity contribution in [3.63, 3.8) is 0 Å². The van der Waals surface area contributed by atoms with E-state index in [1.54, 1.807) is 6.92 Å². The SMILES string of the molecule is CCOC(=O)/C=C/CCCC1(c2ccccc2)CO1. The number of allylic oxidation sites excluding steroid dienone is 1. The molecule has 19 heavy (non-hydrogen) atoms. The molecule has 1 heterocycles. The number of ether oxygens (including phenoxy) is 2. The van der Waals surface area contributed by atoms with Crippen LogP contribution in [0.3, 0.4) is 0 Å². The lowest BCUT2D eigenvalue weighted by molar-refractivity contribution is -0.137. The predicted molar refractivity (Wildman–Crippen MR) is 73.7 cm³/mol. The topological polar surface area (TPSA) is 38.8 Å². The van der Waals surface area contributed by atoms with Crippen LogP contribution in [-0.4, -0.2) is 19.2 Å². The maximum absolute atomic E-state index is 11.1. The monoisotopic (exact) mass is 260 g/mol. The van der Waals surface area contributed by atoms with Gasteiger partial charge in [0.25, 0.3) is 0 Å². The molecule has 1 aliphatic heterocycles. The van der Waals surface area contributed by atoms with Gasteiger partial charge in [-0.2, -0.15) is 0 Å². The molecule has 0 amide bonds. The van der Waals surface area contributed by atoms with Crippen LogP contribution in [0.2, 0.25) is 0 Å². The molecule has 0 radical (unpaired) electrons. The minimum Gasteiger partial charge on any atom is -0.463 e. The summed E-state index contributed by atoms with van der Waals surface area (Å²) >= 11 is 0. The predicted octanol–water partition coefficient (Wildman–Crippen LogP) is 3.20. The van der Waals surface area contributed by atoms with Gasteiger partial charge in [0, 0.05) is 6.08 Å². The van der Waals surface area contributed by atoms with Crippen LogP contribution in [0.1, 0.15) is 31.7 Å². The molecule has 1 saturated heterocycles. The van der Waals surface area contributed by atoms with Crippen molar-refractivity contribution in [2.45, 2.75) is 31.8 Å². The Labute approximate surface area is 114 Å². The zero-order chi connectivity index (χ0) is 13.6. The summed E-state index contributed by atoms with van der Waals surface area (Å²) in [6.45, 7) is 3.03. The number of hydrogen-bond acceptors (Lipinski definition) is 3. The second kappa shape index (κ2) is 6.53. The summed E-state index contributed by atoms with van der Waals surface area (Å²) in [5.74, 6) is -0.261. The van der Waals surface area contributed by atoms with Crippen molar-refractivity contribution in [3.05, 3.63) is 48.0 Å². The number of carbonyl (C=O) groups excluding carboxylic acids is 1. The normalized spacial score (nSPS) is 21.5. The molecule has 0 spiro atoms. The molecular weight excluding hydrogens is 240 g/mol. The number of unbranched alkanes of at least 4 members (excludes halogenated alkanes) is 1. The first-order valence-corrected chi connectivity index (χ1v) is 6.79. The zero-order valence-corrected chi connectivity index (χ0v) is 11.3. The highest BCUT2D eigenvalue weighted by Gasteiger charge is 2.45. The summed E-state index contributed by atoms with van der Waals surface area (Å²) in [5, 5.41) is 0. The smallest absolute Gasteiger partial charge is 0.330 e. The Balaban J connectivity index is 1.73. The fourth-order valence-electron chi connectivity index (χ4n) is 2.16. The molecule has 1 unspecified atom stereocenters. The Morgan fingerprint density at radius 3 is 2.79 bits per heavy atom. The number of rotatable bonds is 7. The standard InChI is InChI=1S/C16H20O3/c1-2-18-15(17)11-7-4-8-12-16(13-19-16)14-9-5-3-6-10-14/h3,5-7,9-11H,2,4,8,12-13H2,1H3/b11-7+. The molecule has 3 heteroatoms. The van der Waals surface area contributed by atoms with E-state index in [-0.39, 0.29) is 11.6 Å². The lowest BCUT2D eigenvalue weighted by atomic mass is 9.94. The lowest BCUT2D eigenvalue weighted by Crippen LogP contribution is -2.08. The van der Waals surface area contributed by atoms with E-state index in [9.17, 15) is 4.79 Å². The number of benzene rings is 1. The third-order valence-corrected chi connectivity index (χ3v) is 3.28. The van der Waals surface area contributed by atoms with Gasteiger partial charge in [-0.25, -0.2) is 4.79 Å². The molecule has 102 valence electrons. The van der Waals surface area contributed by atoms with Crippen molar-refractivity contribution in [3.8, 4) is 0 Å². The van der Waals surface area contributed by atoms with Gasteiger partial charge in [0.15, 0.2) is 0 Å². The lowest BCUT2D eigenvalue weighted by Gasteiger charge is -2.11. The zero-order valence-electron chi connectivity index (χ0n) is 11.3. The van der Waals surface area contributed by atoms with Crippen LogP contribution in [0, 0.1) is 0 Å². The molecule has 1 fully saturated rings. The molecule has 0 aliphatic carbocycles. The number of carbonyl (C=O) groups is 1. The minimum absolute atomic E-state index is 0.0704. The molecule has 1 aromatic carbocycles. The van der Waals surface area contributed by atoms with Crippen LogP contribution in [0.15, 0.2) is 42.5 Å². The second-order valence-electron chi connectivity index (χ2n) is 4.70. The van der Waals surface area contributed by atoms with Crippen molar-refractivity contribution in [1.29, 1.82) is 0 Å². The molecule has 0 aromatic heterocycles. The molecule has 0 saturated carbocycles. The van der Waals surface area contributed by atoms with E-state index in [0.29, 0.717) is 6.61 Å². The minimum atomic E-state index is -0.261. The van der Waals surface area contributed by atoms with E-state index in [1.165, 1.54) is 11.6 Å². The summed E-state index contributed by atoms with van der Waals surface area (Å²) in [7, 11) is 0. The Kier molecular flexibility index (Phi) is 4.74. The van der Waals surface area contributed by atoms with E-state index in [2.05, 4.69) is 12.1 Å². The average molecular weight is 260 g/mol. The highest BCUT2D eigenvalue weighted by molar-refractivity contribution is 5.81. The summed E-state index contributed by atoms with van der Waals surface area (Å²) in [4.78, 5) is 11.1. The van der Waals surface area contributed by atoms with Crippen LogP contribution < -0.4 is 0 Å². The quantitative estimate of drug-likeness (QED) is 0.327. The Bertz CT molecular complexity index is 433. The number of esters is 1. The van der Waals surface area contributed by atoms with Crippen LogP contribution in [-0.2, 0) is 19.9 Å². The maximum Gasteiger partial charge on any atom is 0.330 e. The van der Waals surface area contributed by atoms with E-state index in [4.69, 9.17) is 9.47 Å².